The minimum atomic E-state index is -1.54. The number of carboxylic acids is 2. The molecule has 0 aromatic carbocycles. The minimum absolute atomic E-state index is 0.0523. The lowest BCUT2D eigenvalue weighted by Gasteiger charge is -2.50. The minimum Gasteiger partial charge on any atom is -0.543 e. The summed E-state index contributed by atoms with van der Waals surface area (Å²) in [6.07, 6.45) is 4.70. The number of oxime groups is 1. The van der Waals surface area contributed by atoms with Crippen molar-refractivity contribution in [1.29, 1.82) is 0 Å². The molecule has 6 rings (SSSR count). The van der Waals surface area contributed by atoms with Gasteiger partial charge in [-0.05, 0) is 6.42 Å². The average molecular weight is 616 g/mol. The van der Waals surface area contributed by atoms with Gasteiger partial charge in [0.2, 0.25) is 5.60 Å². The van der Waals surface area contributed by atoms with Crippen LogP contribution in [0.1, 0.15) is 25.0 Å². The summed E-state index contributed by atoms with van der Waals surface area (Å²) >= 11 is 3.83. The van der Waals surface area contributed by atoms with Crippen molar-refractivity contribution < 1.29 is 38.8 Å². The zero-order valence-corrected chi connectivity index (χ0v) is 23.5. The number of aliphatic carboxylic acids is 2. The Morgan fingerprint density at radius 3 is 2.80 bits per heavy atom. The number of nitrogen functional groups attached to an aromatic ring is 1. The summed E-state index contributed by atoms with van der Waals surface area (Å²) in [6, 6.07) is 0.814. The Bertz CT molecular complexity index is 1660. The van der Waals surface area contributed by atoms with E-state index in [9.17, 15) is 29.4 Å². The fourth-order valence-electron chi connectivity index (χ4n) is 4.75. The normalized spacial score (nSPS) is 21.6. The van der Waals surface area contributed by atoms with Crippen molar-refractivity contribution >= 4 is 79.2 Å². The first-order valence-corrected chi connectivity index (χ1v) is 15.1. The van der Waals surface area contributed by atoms with Crippen LogP contribution < -0.4 is 20.7 Å². The van der Waals surface area contributed by atoms with Crippen LogP contribution in [0.3, 0.4) is 0 Å². The maximum absolute atomic E-state index is 13.3. The van der Waals surface area contributed by atoms with Crippen LogP contribution in [-0.4, -0.2) is 72.2 Å². The third-order valence-corrected chi connectivity index (χ3v) is 9.90. The molecule has 3 aromatic heterocycles. The van der Waals surface area contributed by atoms with Crippen LogP contribution >= 0.6 is 34.4 Å². The number of carbonyl (C=O) groups excluding carboxylic acids is 3. The number of thioether (sulfide) groups is 1. The Hall–Kier alpha value is -4.09. The molecule has 17 heteroatoms. The maximum atomic E-state index is 13.3. The Kier molecular flexibility index (Phi) is 6.87. The molecule has 2 aliphatic heterocycles. The Morgan fingerprint density at radius 1 is 1.34 bits per heavy atom. The van der Waals surface area contributed by atoms with Crippen LogP contribution in [0, 0.1) is 0 Å². The van der Waals surface area contributed by atoms with E-state index in [1.54, 1.807) is 16.3 Å². The highest BCUT2D eigenvalue weighted by Gasteiger charge is 2.54. The number of hydrogen-bond acceptors (Lipinski definition) is 13. The summed E-state index contributed by atoms with van der Waals surface area (Å²) in [4.78, 5) is 65.1. The molecule has 14 nitrogen and oxygen atoms in total. The Morgan fingerprint density at radius 2 is 2.15 bits per heavy atom. The quantitative estimate of drug-likeness (QED) is 0.121. The fourth-order valence-corrected chi connectivity index (χ4v) is 7.28. The number of nitrogens with two attached hydrogens (primary N) is 1. The largest absolute Gasteiger partial charge is 0.543 e. The van der Waals surface area contributed by atoms with Gasteiger partial charge in [-0.3, -0.25) is 14.5 Å². The summed E-state index contributed by atoms with van der Waals surface area (Å²) in [5.74, 6) is -3.89. The first-order valence-electron chi connectivity index (χ1n) is 12.3. The van der Waals surface area contributed by atoms with Gasteiger partial charge in [0.1, 0.15) is 22.6 Å². The van der Waals surface area contributed by atoms with E-state index >= 15 is 0 Å². The van der Waals surface area contributed by atoms with E-state index in [-0.39, 0.29) is 47.4 Å². The number of carbonyl (C=O) groups is 4. The number of fused-ring (bicyclic) bond motifs is 2. The van der Waals surface area contributed by atoms with Crippen LogP contribution in [0.5, 0.6) is 0 Å². The predicted molar refractivity (Wildman–Crippen MR) is 145 cm³/mol. The molecule has 3 aliphatic rings. The van der Waals surface area contributed by atoms with Crippen molar-refractivity contribution in [2.24, 2.45) is 5.16 Å². The molecular formula is C24H21N7O7S3. The Labute approximate surface area is 243 Å². The highest BCUT2D eigenvalue weighted by Crippen LogP contribution is 2.40. The number of anilines is 1. The third-order valence-electron chi connectivity index (χ3n) is 7.07. The van der Waals surface area contributed by atoms with E-state index in [2.05, 4.69) is 20.4 Å². The van der Waals surface area contributed by atoms with Gasteiger partial charge in [0.15, 0.2) is 29.8 Å². The van der Waals surface area contributed by atoms with E-state index in [1.165, 1.54) is 28.5 Å². The van der Waals surface area contributed by atoms with Crippen molar-refractivity contribution in [1.82, 2.24) is 20.2 Å². The molecule has 1 unspecified atom stereocenters. The molecule has 2 amide bonds. The van der Waals surface area contributed by atoms with Gasteiger partial charge in [-0.25, -0.2) is 14.8 Å². The zero-order valence-electron chi connectivity index (χ0n) is 21.0. The van der Waals surface area contributed by atoms with Gasteiger partial charge in [0, 0.05) is 35.6 Å². The monoisotopic (exact) mass is 615 g/mol. The van der Waals surface area contributed by atoms with Crippen LogP contribution in [0.4, 0.5) is 5.13 Å². The molecule has 2 fully saturated rings. The van der Waals surface area contributed by atoms with E-state index in [0.29, 0.717) is 12.0 Å². The molecular weight excluding hydrogens is 595 g/mol. The van der Waals surface area contributed by atoms with Crippen molar-refractivity contribution in [3.8, 4) is 0 Å². The van der Waals surface area contributed by atoms with Crippen molar-refractivity contribution in [2.45, 2.75) is 42.8 Å². The number of β-lactam (4-membered cyclic amide) rings is 1. The summed E-state index contributed by atoms with van der Waals surface area (Å²) in [5.41, 5.74) is 6.63. The molecule has 1 aliphatic carbocycles. The van der Waals surface area contributed by atoms with Crippen LogP contribution in [-0.2, 0) is 30.6 Å². The lowest BCUT2D eigenvalue weighted by atomic mass is 9.80. The van der Waals surface area contributed by atoms with Gasteiger partial charge in [0.25, 0.3) is 11.8 Å². The number of thiazole rings is 2. The summed E-state index contributed by atoms with van der Waals surface area (Å²) in [5, 5.41) is 29.0. The lowest BCUT2D eigenvalue weighted by Crippen LogP contribution is -2.71. The topological polar surface area (TPSA) is 204 Å². The highest BCUT2D eigenvalue weighted by atomic mass is 32.2. The average Bonchev–Trinajstić information content (AvgIpc) is 3.56. The van der Waals surface area contributed by atoms with E-state index < -0.39 is 40.8 Å². The second-order valence-corrected chi connectivity index (χ2v) is 12.5. The molecule has 0 spiro atoms. The second-order valence-electron chi connectivity index (χ2n) is 9.57. The summed E-state index contributed by atoms with van der Waals surface area (Å²) < 4.78 is 2.78. The van der Waals surface area contributed by atoms with Gasteiger partial charge in [-0.1, -0.05) is 5.16 Å². The first-order chi connectivity index (χ1) is 19.7. The number of nitrogens with zero attached hydrogens (tertiary/aromatic N) is 5. The number of carboxylic acid groups (broad SMARTS) is 2. The number of nitrogens with one attached hydrogen (secondary N) is 1. The highest BCUT2D eigenvalue weighted by molar-refractivity contribution is 8.00. The standard InChI is InChI=1S/C24H21N7O7S3/c25-23-27-13(9-40-23)15(29-38-24(22(36)37)3-1-4-24)18(32)28-16-19(33)31-17(21(34)35)11(8-39-20(16)31)6-30-5-2-14-12(7-30)26-10-41-14/h2,5,7,9-10,16,20H,1,3-4,6,8H2,(H4-,25,27,28,32,34,35,36,37)/b29-15-/t16?,20-/m1/s1. The van der Waals surface area contributed by atoms with Gasteiger partial charge < -0.3 is 30.9 Å². The summed E-state index contributed by atoms with van der Waals surface area (Å²) in [6.45, 7) is 0.210. The van der Waals surface area contributed by atoms with Gasteiger partial charge in [-0.2, -0.15) is 4.57 Å². The van der Waals surface area contributed by atoms with Gasteiger partial charge in [0.05, 0.1) is 21.9 Å². The molecule has 2 atom stereocenters. The second kappa shape index (κ2) is 10.4. The van der Waals surface area contributed by atoms with Crippen molar-refractivity contribution in [2.75, 3.05) is 11.5 Å². The van der Waals surface area contributed by atoms with E-state index in [4.69, 9.17) is 10.6 Å². The van der Waals surface area contributed by atoms with Crippen molar-refractivity contribution in [3.63, 3.8) is 0 Å². The number of amides is 2. The molecule has 0 bridgehead atoms. The van der Waals surface area contributed by atoms with Gasteiger partial charge >= 0.3 is 5.97 Å². The smallest absolute Gasteiger partial charge is 0.350 e. The third kappa shape index (κ3) is 4.78. The Balaban J connectivity index is 1.22. The van der Waals surface area contributed by atoms with E-state index in [1.807, 2.05) is 12.3 Å². The maximum Gasteiger partial charge on any atom is 0.350 e. The molecule has 4 N–H and O–H groups in total. The zero-order chi connectivity index (χ0) is 28.9. The molecule has 1 saturated carbocycles. The number of aromatic nitrogens is 3. The SMILES string of the molecule is Nc1nc(/C(=N/OC2(C(=O)O)CCC2)C(=O)NC2C(=O)N3C(C(=O)[O-])=C(C[n+]4ccc5scnc5c4)CS[C@H]23)cs1. The van der Waals surface area contributed by atoms with Crippen LogP contribution in [0.2, 0.25) is 0 Å². The number of hydrogen-bond donors (Lipinski definition) is 3. The fraction of sp³-hybridized carbons (Fsp3) is 0.333. The van der Waals surface area contributed by atoms with Crippen molar-refractivity contribution in [3.05, 3.63) is 46.3 Å². The number of rotatable bonds is 9. The summed E-state index contributed by atoms with van der Waals surface area (Å²) in [7, 11) is 0. The van der Waals surface area contributed by atoms with Gasteiger partial charge in [-0.15, -0.1) is 34.4 Å². The molecule has 1 saturated heterocycles. The lowest BCUT2D eigenvalue weighted by molar-refractivity contribution is -0.687. The first kappa shape index (κ1) is 27.1. The molecule has 5 heterocycles. The van der Waals surface area contributed by atoms with Crippen LogP contribution in [0.25, 0.3) is 10.2 Å². The predicted octanol–water partition coefficient (Wildman–Crippen LogP) is -0.545. The molecule has 41 heavy (non-hydrogen) atoms. The van der Waals surface area contributed by atoms with E-state index in [0.717, 1.165) is 26.5 Å². The van der Waals surface area contributed by atoms with Crippen LogP contribution in [0.15, 0.2) is 45.8 Å². The molecule has 0 radical (unpaired) electrons. The number of pyridine rings is 1. The molecule has 212 valence electrons. The molecule has 3 aromatic rings.